The van der Waals surface area contributed by atoms with Crippen LogP contribution in [0.2, 0.25) is 0 Å². The van der Waals surface area contributed by atoms with Gasteiger partial charge in [-0.15, -0.1) is 0 Å². The molecule has 16 heavy (non-hydrogen) atoms. The SMILES string of the molecule is Cc1[nH]c2c(N)cc(C(=O)O)c(O)c2c1C. The normalized spacial score (nSPS) is 10.9. The van der Waals surface area contributed by atoms with Gasteiger partial charge in [0.1, 0.15) is 11.3 Å². The van der Waals surface area contributed by atoms with E-state index >= 15 is 0 Å². The lowest BCUT2D eigenvalue weighted by atomic mass is 10.1. The molecular formula is C11H12N2O3. The number of nitrogens with two attached hydrogens (primary N) is 1. The van der Waals surface area contributed by atoms with Gasteiger partial charge < -0.3 is 20.9 Å². The molecule has 0 aliphatic rings. The van der Waals surface area contributed by atoms with Crippen molar-refractivity contribution in [2.24, 2.45) is 0 Å². The number of H-pyrrole nitrogens is 1. The molecule has 0 radical (unpaired) electrons. The first kappa shape index (κ1) is 10.4. The number of hydrogen-bond donors (Lipinski definition) is 4. The van der Waals surface area contributed by atoms with Crippen LogP contribution in [0, 0.1) is 13.8 Å². The number of aromatic carboxylic acids is 1. The summed E-state index contributed by atoms with van der Waals surface area (Å²) in [6, 6.07) is 1.26. The molecule has 0 atom stereocenters. The van der Waals surface area contributed by atoms with Gasteiger partial charge in [-0.2, -0.15) is 0 Å². The maximum Gasteiger partial charge on any atom is 0.339 e. The van der Waals surface area contributed by atoms with Gasteiger partial charge in [-0.3, -0.25) is 0 Å². The molecule has 5 N–H and O–H groups in total. The number of aromatic hydroxyl groups is 1. The Morgan fingerprint density at radius 2 is 2.06 bits per heavy atom. The van der Waals surface area contributed by atoms with E-state index in [0.29, 0.717) is 16.6 Å². The number of aromatic nitrogens is 1. The minimum absolute atomic E-state index is 0.174. The Hall–Kier alpha value is -2.17. The molecule has 5 heteroatoms. The van der Waals surface area contributed by atoms with Crippen molar-refractivity contribution in [3.63, 3.8) is 0 Å². The van der Waals surface area contributed by atoms with Crippen LogP contribution in [-0.4, -0.2) is 21.2 Å². The van der Waals surface area contributed by atoms with Crippen LogP contribution in [0.5, 0.6) is 5.75 Å². The summed E-state index contributed by atoms with van der Waals surface area (Å²) in [5.74, 6) is -1.43. The number of hydrogen-bond acceptors (Lipinski definition) is 3. The van der Waals surface area contributed by atoms with Gasteiger partial charge in [0, 0.05) is 11.1 Å². The summed E-state index contributed by atoms with van der Waals surface area (Å²) in [4.78, 5) is 13.9. The number of rotatable bonds is 1. The second-order valence-corrected chi connectivity index (χ2v) is 3.79. The van der Waals surface area contributed by atoms with E-state index in [-0.39, 0.29) is 11.3 Å². The summed E-state index contributed by atoms with van der Waals surface area (Å²) in [7, 11) is 0. The molecule has 0 aliphatic carbocycles. The Balaban J connectivity index is 2.97. The van der Waals surface area contributed by atoms with Crippen LogP contribution in [0.25, 0.3) is 10.9 Å². The van der Waals surface area contributed by atoms with Gasteiger partial charge >= 0.3 is 5.97 Å². The predicted octanol–water partition coefficient (Wildman–Crippen LogP) is 1.77. The molecule has 0 saturated heterocycles. The molecule has 1 aromatic heterocycles. The number of carbonyl (C=O) groups is 1. The van der Waals surface area contributed by atoms with E-state index < -0.39 is 5.97 Å². The van der Waals surface area contributed by atoms with E-state index in [9.17, 15) is 9.90 Å². The number of aryl methyl sites for hydroxylation is 2. The summed E-state index contributed by atoms with van der Waals surface area (Å²) in [6.45, 7) is 3.65. The fourth-order valence-corrected chi connectivity index (χ4v) is 1.82. The van der Waals surface area contributed by atoms with Crippen molar-refractivity contribution < 1.29 is 15.0 Å². The van der Waals surface area contributed by atoms with Gasteiger partial charge in [0.25, 0.3) is 0 Å². The highest BCUT2D eigenvalue weighted by Gasteiger charge is 2.18. The van der Waals surface area contributed by atoms with Crippen molar-refractivity contribution in [3.8, 4) is 5.75 Å². The van der Waals surface area contributed by atoms with Gasteiger partial charge in [0.15, 0.2) is 0 Å². The smallest absolute Gasteiger partial charge is 0.339 e. The first-order valence-corrected chi connectivity index (χ1v) is 4.77. The lowest BCUT2D eigenvalue weighted by molar-refractivity contribution is 0.0694. The van der Waals surface area contributed by atoms with E-state index in [2.05, 4.69) is 4.98 Å². The molecule has 2 rings (SSSR count). The maximum atomic E-state index is 10.9. The van der Waals surface area contributed by atoms with Crippen LogP contribution in [-0.2, 0) is 0 Å². The molecule has 0 aliphatic heterocycles. The average Bonchev–Trinajstić information content (AvgIpc) is 2.50. The summed E-state index contributed by atoms with van der Waals surface area (Å²) >= 11 is 0. The van der Waals surface area contributed by atoms with Crippen LogP contribution in [0.15, 0.2) is 6.07 Å². The van der Waals surface area contributed by atoms with E-state index in [1.54, 1.807) is 6.92 Å². The topological polar surface area (TPSA) is 99.3 Å². The summed E-state index contributed by atoms with van der Waals surface area (Å²) in [5.41, 5.74) is 8.14. The van der Waals surface area contributed by atoms with Gasteiger partial charge in [0.05, 0.1) is 11.2 Å². The molecular weight excluding hydrogens is 208 g/mol. The first-order valence-electron chi connectivity index (χ1n) is 4.77. The van der Waals surface area contributed by atoms with E-state index in [4.69, 9.17) is 10.8 Å². The van der Waals surface area contributed by atoms with Crippen LogP contribution in [0.3, 0.4) is 0 Å². The number of carboxylic acid groups (broad SMARTS) is 1. The Labute approximate surface area is 91.5 Å². The number of aromatic amines is 1. The number of nitrogen functional groups attached to an aromatic ring is 1. The van der Waals surface area contributed by atoms with Crippen molar-refractivity contribution in [2.75, 3.05) is 5.73 Å². The summed E-state index contributed by atoms with van der Waals surface area (Å²) < 4.78 is 0. The minimum Gasteiger partial charge on any atom is -0.506 e. The lowest BCUT2D eigenvalue weighted by Gasteiger charge is -2.04. The Bertz CT molecular complexity index is 599. The standard InChI is InChI=1S/C11H12N2O3/c1-4-5(2)13-9-7(12)3-6(11(15)16)10(14)8(4)9/h3,13-14H,12H2,1-2H3,(H,15,16). The minimum atomic E-state index is -1.19. The Morgan fingerprint density at radius 3 is 2.62 bits per heavy atom. The van der Waals surface area contributed by atoms with Crippen molar-refractivity contribution >= 4 is 22.6 Å². The third kappa shape index (κ3) is 1.21. The van der Waals surface area contributed by atoms with Crippen LogP contribution >= 0.6 is 0 Å². The first-order chi connectivity index (χ1) is 7.43. The largest absolute Gasteiger partial charge is 0.506 e. The van der Waals surface area contributed by atoms with E-state index in [1.807, 2.05) is 6.92 Å². The second kappa shape index (κ2) is 3.16. The average molecular weight is 220 g/mol. The highest BCUT2D eigenvalue weighted by Crippen LogP contribution is 2.36. The molecule has 0 fully saturated rings. The molecule has 0 spiro atoms. The van der Waals surface area contributed by atoms with Gasteiger partial charge in [0.2, 0.25) is 0 Å². The van der Waals surface area contributed by atoms with Crippen molar-refractivity contribution in [3.05, 3.63) is 22.9 Å². The zero-order chi connectivity index (χ0) is 12.0. The van der Waals surface area contributed by atoms with Crippen molar-refractivity contribution in [1.29, 1.82) is 0 Å². The van der Waals surface area contributed by atoms with E-state index in [1.165, 1.54) is 6.07 Å². The highest BCUT2D eigenvalue weighted by atomic mass is 16.4. The molecule has 0 bridgehead atoms. The number of nitrogens with one attached hydrogen (secondary N) is 1. The number of fused-ring (bicyclic) bond motifs is 1. The number of anilines is 1. The number of carboxylic acids is 1. The second-order valence-electron chi connectivity index (χ2n) is 3.79. The fraction of sp³-hybridized carbons (Fsp3) is 0.182. The number of benzene rings is 1. The lowest BCUT2D eigenvalue weighted by Crippen LogP contribution is -1.99. The van der Waals surface area contributed by atoms with Crippen molar-refractivity contribution in [1.82, 2.24) is 4.98 Å². The van der Waals surface area contributed by atoms with Gasteiger partial charge in [-0.1, -0.05) is 0 Å². The molecule has 1 aromatic carbocycles. The summed E-state index contributed by atoms with van der Waals surface area (Å²) in [5, 5.41) is 19.3. The summed E-state index contributed by atoms with van der Waals surface area (Å²) in [6.07, 6.45) is 0. The third-order valence-corrected chi connectivity index (χ3v) is 2.81. The molecule has 0 amide bonds. The number of phenols is 1. The molecule has 1 heterocycles. The molecule has 5 nitrogen and oxygen atoms in total. The Kier molecular flexibility index (Phi) is 2.05. The third-order valence-electron chi connectivity index (χ3n) is 2.81. The monoisotopic (exact) mass is 220 g/mol. The highest BCUT2D eigenvalue weighted by molar-refractivity contribution is 6.06. The van der Waals surface area contributed by atoms with Crippen LogP contribution in [0.4, 0.5) is 5.69 Å². The maximum absolute atomic E-state index is 10.9. The van der Waals surface area contributed by atoms with Gasteiger partial charge in [-0.25, -0.2) is 4.79 Å². The zero-order valence-electron chi connectivity index (χ0n) is 8.96. The fourth-order valence-electron chi connectivity index (χ4n) is 1.82. The quantitative estimate of drug-likeness (QED) is 0.434. The Morgan fingerprint density at radius 1 is 1.44 bits per heavy atom. The molecule has 0 unspecified atom stereocenters. The predicted molar refractivity (Wildman–Crippen MR) is 60.8 cm³/mol. The van der Waals surface area contributed by atoms with Crippen LogP contribution < -0.4 is 5.73 Å². The van der Waals surface area contributed by atoms with Gasteiger partial charge in [-0.05, 0) is 25.5 Å². The van der Waals surface area contributed by atoms with Crippen LogP contribution in [0.1, 0.15) is 21.6 Å². The molecule has 0 saturated carbocycles. The zero-order valence-corrected chi connectivity index (χ0v) is 8.96. The van der Waals surface area contributed by atoms with Crippen molar-refractivity contribution in [2.45, 2.75) is 13.8 Å². The molecule has 84 valence electrons. The molecule has 2 aromatic rings. The van der Waals surface area contributed by atoms with E-state index in [0.717, 1.165) is 11.3 Å².